The molecule has 5 nitrogen and oxygen atoms in total. The highest BCUT2D eigenvalue weighted by Gasteiger charge is 2.28. The Kier molecular flexibility index (Phi) is 5.71. The number of nitriles is 2. The highest BCUT2D eigenvalue weighted by molar-refractivity contribution is 7.17. The molecule has 2 aromatic heterocycles. The fourth-order valence-corrected chi connectivity index (χ4v) is 3.88. The van der Waals surface area contributed by atoms with E-state index in [4.69, 9.17) is 0 Å². The number of thiazole rings is 1. The fourth-order valence-electron chi connectivity index (χ4n) is 2.88. The normalized spacial score (nSPS) is 11.6. The lowest BCUT2D eigenvalue weighted by Crippen LogP contribution is -2.15. The summed E-state index contributed by atoms with van der Waals surface area (Å²) in [4.78, 5) is 22.3. The van der Waals surface area contributed by atoms with E-state index < -0.39 is 11.8 Å². The Bertz CT molecular complexity index is 1000. The van der Waals surface area contributed by atoms with Gasteiger partial charge in [0.05, 0.1) is 28.4 Å². The van der Waals surface area contributed by atoms with Crippen LogP contribution in [0.3, 0.4) is 0 Å². The molecule has 27 heavy (non-hydrogen) atoms. The maximum Gasteiger partial charge on any atom is 0.175 e. The van der Waals surface area contributed by atoms with Gasteiger partial charge in [0, 0.05) is 18.5 Å². The van der Waals surface area contributed by atoms with Crippen LogP contribution in [0.2, 0.25) is 0 Å². The fraction of sp³-hybridized carbons (Fsp3) is 0.190. The number of nitrogens with zero attached hydrogens (tertiary/aromatic N) is 4. The van der Waals surface area contributed by atoms with E-state index in [1.165, 1.54) is 11.3 Å². The van der Waals surface area contributed by atoms with Crippen LogP contribution in [-0.2, 0) is 0 Å². The van der Waals surface area contributed by atoms with E-state index in [9.17, 15) is 15.3 Å². The monoisotopic (exact) mass is 372 g/mol. The molecule has 0 amide bonds. The summed E-state index contributed by atoms with van der Waals surface area (Å²) < 4.78 is 0. The van der Waals surface area contributed by atoms with Gasteiger partial charge in [0.2, 0.25) is 0 Å². The van der Waals surface area contributed by atoms with Crippen LogP contribution >= 0.6 is 11.3 Å². The molecule has 1 atom stereocenters. The van der Waals surface area contributed by atoms with Crippen LogP contribution in [0, 0.1) is 35.5 Å². The second-order valence-corrected chi connectivity index (χ2v) is 7.03. The molecule has 1 aromatic carbocycles. The standard InChI is InChI=1S/C21H16N4OS/c1-14-20(27-21(25-14)18-9-5-6-10-24-18)19(26)11-17(16(12-22)13-23)15-7-3-2-4-8-15/h2-10,16-17H,11H2,1H3/t17-/m1/s1. The lowest BCUT2D eigenvalue weighted by Gasteiger charge is -2.16. The van der Waals surface area contributed by atoms with Crippen LogP contribution in [0.25, 0.3) is 10.7 Å². The summed E-state index contributed by atoms with van der Waals surface area (Å²) >= 11 is 1.30. The maximum atomic E-state index is 13.0. The second kappa shape index (κ2) is 8.35. The van der Waals surface area contributed by atoms with Gasteiger partial charge >= 0.3 is 0 Å². The summed E-state index contributed by atoms with van der Waals surface area (Å²) in [5.41, 5.74) is 2.17. The van der Waals surface area contributed by atoms with Crippen molar-refractivity contribution in [3.63, 3.8) is 0 Å². The van der Waals surface area contributed by atoms with Crippen molar-refractivity contribution in [1.29, 1.82) is 10.5 Å². The highest BCUT2D eigenvalue weighted by atomic mass is 32.1. The Labute approximate surface area is 161 Å². The van der Waals surface area contributed by atoms with Crippen molar-refractivity contribution in [2.45, 2.75) is 19.3 Å². The maximum absolute atomic E-state index is 13.0. The van der Waals surface area contributed by atoms with Crippen LogP contribution in [0.15, 0.2) is 54.7 Å². The molecule has 0 spiro atoms. The van der Waals surface area contributed by atoms with Crippen molar-refractivity contribution in [2.75, 3.05) is 0 Å². The second-order valence-electron chi connectivity index (χ2n) is 6.03. The minimum Gasteiger partial charge on any atom is -0.293 e. The van der Waals surface area contributed by atoms with Crippen molar-refractivity contribution in [3.8, 4) is 22.8 Å². The topological polar surface area (TPSA) is 90.4 Å². The first kappa shape index (κ1) is 18.4. The van der Waals surface area contributed by atoms with Gasteiger partial charge in [0.25, 0.3) is 0 Å². The van der Waals surface area contributed by atoms with E-state index in [-0.39, 0.29) is 12.2 Å². The first-order valence-corrected chi connectivity index (χ1v) is 9.22. The Balaban J connectivity index is 1.90. The van der Waals surface area contributed by atoms with Crippen LogP contribution in [0.4, 0.5) is 0 Å². The zero-order valence-electron chi connectivity index (χ0n) is 14.7. The largest absolute Gasteiger partial charge is 0.293 e. The van der Waals surface area contributed by atoms with Crippen LogP contribution in [-0.4, -0.2) is 15.8 Å². The molecule has 0 aliphatic rings. The molecule has 0 unspecified atom stereocenters. The summed E-state index contributed by atoms with van der Waals surface area (Å²) in [6.45, 7) is 1.79. The number of carbonyl (C=O) groups excluding carboxylic acids is 1. The lowest BCUT2D eigenvalue weighted by atomic mass is 9.83. The molecule has 6 heteroatoms. The van der Waals surface area contributed by atoms with Gasteiger partial charge in [-0.1, -0.05) is 36.4 Å². The van der Waals surface area contributed by atoms with E-state index in [0.29, 0.717) is 15.6 Å². The van der Waals surface area contributed by atoms with Gasteiger partial charge < -0.3 is 0 Å². The Morgan fingerprint density at radius 2 is 1.81 bits per heavy atom. The van der Waals surface area contributed by atoms with E-state index in [1.54, 1.807) is 13.1 Å². The molecule has 0 fully saturated rings. The average molecular weight is 372 g/mol. The zero-order chi connectivity index (χ0) is 19.2. The van der Waals surface area contributed by atoms with E-state index >= 15 is 0 Å². The summed E-state index contributed by atoms with van der Waals surface area (Å²) in [5.74, 6) is -1.48. The quantitative estimate of drug-likeness (QED) is 0.593. The number of rotatable bonds is 6. The summed E-state index contributed by atoms with van der Waals surface area (Å²) in [6, 6.07) is 18.8. The molecule has 132 valence electrons. The van der Waals surface area contributed by atoms with Crippen LogP contribution < -0.4 is 0 Å². The predicted octanol–water partition coefficient (Wildman–Crippen LogP) is 4.53. The third kappa shape index (κ3) is 4.08. The summed E-state index contributed by atoms with van der Waals surface area (Å²) in [6.07, 6.45) is 1.77. The molecule has 0 bridgehead atoms. The number of aromatic nitrogens is 2. The Morgan fingerprint density at radius 3 is 2.44 bits per heavy atom. The molecule has 0 aliphatic heterocycles. The highest BCUT2D eigenvalue weighted by Crippen LogP contribution is 2.33. The van der Waals surface area contributed by atoms with Crippen LogP contribution in [0.1, 0.15) is 33.3 Å². The van der Waals surface area contributed by atoms with Gasteiger partial charge in [-0.15, -0.1) is 11.3 Å². The van der Waals surface area contributed by atoms with Crippen LogP contribution in [0.5, 0.6) is 0 Å². The number of ketones is 1. The molecule has 0 radical (unpaired) electrons. The summed E-state index contributed by atoms with van der Waals surface area (Å²) in [5, 5.41) is 19.4. The summed E-state index contributed by atoms with van der Waals surface area (Å²) in [7, 11) is 0. The number of benzene rings is 1. The van der Waals surface area contributed by atoms with Gasteiger partial charge in [-0.3, -0.25) is 9.78 Å². The van der Waals surface area contributed by atoms with E-state index in [2.05, 4.69) is 9.97 Å². The van der Waals surface area contributed by atoms with Gasteiger partial charge in [0.15, 0.2) is 5.78 Å². The molecule has 0 aliphatic carbocycles. The van der Waals surface area contributed by atoms with Crippen molar-refractivity contribution in [2.24, 2.45) is 5.92 Å². The minimum absolute atomic E-state index is 0.0838. The first-order chi connectivity index (χ1) is 13.1. The predicted molar refractivity (Wildman–Crippen MR) is 103 cm³/mol. The van der Waals surface area contributed by atoms with Crippen molar-refractivity contribution in [1.82, 2.24) is 9.97 Å². The smallest absolute Gasteiger partial charge is 0.175 e. The molecule has 2 heterocycles. The molecule has 3 rings (SSSR count). The van der Waals surface area contributed by atoms with Crippen molar-refractivity contribution in [3.05, 3.63) is 70.9 Å². The number of pyridine rings is 1. The van der Waals surface area contributed by atoms with Gasteiger partial charge in [-0.2, -0.15) is 10.5 Å². The first-order valence-electron chi connectivity index (χ1n) is 8.40. The number of hydrogen-bond acceptors (Lipinski definition) is 6. The van der Waals surface area contributed by atoms with Gasteiger partial charge in [-0.05, 0) is 24.6 Å². The Hall–Kier alpha value is -3.35. The molecule has 3 aromatic rings. The number of carbonyl (C=O) groups is 1. The van der Waals surface area contributed by atoms with Crippen molar-refractivity contribution < 1.29 is 4.79 Å². The molecule has 0 N–H and O–H groups in total. The minimum atomic E-state index is -0.889. The lowest BCUT2D eigenvalue weighted by molar-refractivity contribution is 0.0974. The zero-order valence-corrected chi connectivity index (χ0v) is 15.5. The number of hydrogen-bond donors (Lipinski definition) is 0. The molecular formula is C21H16N4OS. The number of aryl methyl sites for hydroxylation is 1. The average Bonchev–Trinajstić information content (AvgIpc) is 3.11. The Morgan fingerprint density at radius 1 is 1.11 bits per heavy atom. The molecular weight excluding hydrogens is 356 g/mol. The van der Waals surface area contributed by atoms with Gasteiger partial charge in [0.1, 0.15) is 10.9 Å². The molecule has 0 saturated heterocycles. The SMILES string of the molecule is Cc1nc(-c2ccccn2)sc1C(=O)C[C@H](c1ccccc1)C(C#N)C#N. The van der Waals surface area contributed by atoms with E-state index in [1.807, 2.05) is 60.7 Å². The number of Topliss-reactive ketones (excluding diaryl/α,β-unsaturated/α-hetero) is 1. The third-order valence-electron chi connectivity index (χ3n) is 4.25. The van der Waals surface area contributed by atoms with E-state index in [0.717, 1.165) is 11.3 Å². The van der Waals surface area contributed by atoms with Gasteiger partial charge in [-0.25, -0.2) is 4.98 Å². The van der Waals surface area contributed by atoms with Crippen molar-refractivity contribution >= 4 is 17.1 Å². The molecule has 0 saturated carbocycles. The third-order valence-corrected chi connectivity index (χ3v) is 5.47.